The van der Waals surface area contributed by atoms with Crippen LogP contribution < -0.4 is 5.32 Å². The highest BCUT2D eigenvalue weighted by atomic mass is 19.1. The number of halogens is 1. The summed E-state index contributed by atoms with van der Waals surface area (Å²) in [5.41, 5.74) is 1.79. The molecule has 6 aliphatic carbocycles. The summed E-state index contributed by atoms with van der Waals surface area (Å²) < 4.78 is 13.5. The van der Waals surface area contributed by atoms with Crippen LogP contribution in [0.3, 0.4) is 0 Å². The molecule has 8 rings (SSSR count). The highest BCUT2D eigenvalue weighted by molar-refractivity contribution is 5.84. The number of aliphatic hydroxyl groups excluding tert-OH is 1. The number of hydrogen-bond donors (Lipinski definition) is 3. The Morgan fingerprint density at radius 3 is 2.36 bits per heavy atom. The number of carbonyl (C=O) groups excluding carboxylic acids is 1. The molecule has 6 fully saturated rings. The maximum atomic E-state index is 14.6. The zero-order valence-corrected chi connectivity index (χ0v) is 27.0. The van der Waals surface area contributed by atoms with Crippen molar-refractivity contribution < 1.29 is 14.3 Å². The number of aromatic nitrogens is 2. The van der Waals surface area contributed by atoms with Gasteiger partial charge < -0.3 is 15.4 Å². The highest BCUT2D eigenvalue weighted by Crippen LogP contribution is 2.71. The van der Waals surface area contributed by atoms with Gasteiger partial charge in [0.1, 0.15) is 11.6 Å². The van der Waals surface area contributed by atoms with E-state index in [1.165, 1.54) is 63.5 Å². The van der Waals surface area contributed by atoms with E-state index in [0.717, 1.165) is 61.5 Å². The lowest BCUT2D eigenvalue weighted by Crippen LogP contribution is -2.63. The molecular weight excluding hydrogens is 549 g/mol. The summed E-state index contributed by atoms with van der Waals surface area (Å²) in [5, 5.41) is 14.4. The summed E-state index contributed by atoms with van der Waals surface area (Å²) in [5.74, 6) is 4.53. The maximum Gasteiger partial charge on any atom is 0.227 e. The van der Waals surface area contributed by atoms with Crippen LogP contribution in [0.1, 0.15) is 116 Å². The Balaban J connectivity index is 1.03. The topological polar surface area (TPSA) is 78.0 Å². The molecule has 6 heteroatoms. The number of aliphatic hydroxyl groups is 1. The van der Waals surface area contributed by atoms with Crippen molar-refractivity contribution >= 4 is 5.91 Å². The van der Waals surface area contributed by atoms with Crippen molar-refractivity contribution in [1.82, 2.24) is 15.3 Å². The number of rotatable bonds is 4. The molecule has 0 radical (unpaired) electrons. The van der Waals surface area contributed by atoms with Crippen LogP contribution in [0.4, 0.5) is 4.39 Å². The number of nitrogens with one attached hydrogen (secondary N) is 2. The molecule has 1 heterocycles. The third-order valence-electron chi connectivity index (χ3n) is 15.3. The molecule has 3 N–H and O–H groups in total. The Morgan fingerprint density at radius 1 is 0.886 bits per heavy atom. The summed E-state index contributed by atoms with van der Waals surface area (Å²) in [6.07, 6.45) is 17.5. The van der Waals surface area contributed by atoms with Crippen molar-refractivity contribution in [3.8, 4) is 11.3 Å². The Labute approximate surface area is 262 Å². The van der Waals surface area contributed by atoms with E-state index in [1.54, 1.807) is 12.1 Å². The molecule has 1 aromatic heterocycles. The Hall–Kier alpha value is -2.21. The summed E-state index contributed by atoms with van der Waals surface area (Å²) in [4.78, 5) is 22.9. The van der Waals surface area contributed by atoms with Gasteiger partial charge in [0.2, 0.25) is 5.91 Å². The largest absolute Gasteiger partial charge is 0.393 e. The summed E-state index contributed by atoms with van der Waals surface area (Å²) in [6.45, 7) is 7.55. The van der Waals surface area contributed by atoms with E-state index >= 15 is 0 Å². The molecule has 0 spiro atoms. The zero-order chi connectivity index (χ0) is 30.5. The summed E-state index contributed by atoms with van der Waals surface area (Å²) >= 11 is 0. The fourth-order valence-corrected chi connectivity index (χ4v) is 12.8. The third kappa shape index (κ3) is 4.04. The van der Waals surface area contributed by atoms with Gasteiger partial charge in [-0.1, -0.05) is 27.2 Å². The second kappa shape index (κ2) is 10.1. The van der Waals surface area contributed by atoms with E-state index in [4.69, 9.17) is 4.98 Å². The van der Waals surface area contributed by atoms with Crippen LogP contribution in [0.5, 0.6) is 0 Å². The molecule has 5 nitrogen and oxygen atoms in total. The van der Waals surface area contributed by atoms with Crippen LogP contribution in [-0.4, -0.2) is 27.1 Å². The van der Waals surface area contributed by atoms with Gasteiger partial charge in [0.05, 0.1) is 28.9 Å². The van der Waals surface area contributed by atoms with Gasteiger partial charge in [-0.05, 0) is 160 Å². The zero-order valence-electron chi connectivity index (χ0n) is 27.0. The van der Waals surface area contributed by atoms with Crippen LogP contribution in [0.25, 0.3) is 11.3 Å². The van der Waals surface area contributed by atoms with E-state index in [-0.39, 0.29) is 23.2 Å². The standard InChI is InChI=1S/C38H52FN3O2/c1-23-27-13-19-36(3)28-14-21-37(16-4-6-29(37)26(28)11-12-32(36)35(27,2)20-15-31(23)43)34(44)42-38(17-5-18-38)33-40-22-30(41-33)24-7-9-25(39)10-8-24/h7-10,22-23,26-29,31-32,43H,4-6,11-21H2,1-3H3,(H,40,41)(H,42,44). The van der Waals surface area contributed by atoms with E-state index in [1.807, 2.05) is 6.20 Å². The van der Waals surface area contributed by atoms with Crippen LogP contribution in [0.15, 0.2) is 30.5 Å². The van der Waals surface area contributed by atoms with Gasteiger partial charge in [-0.15, -0.1) is 0 Å². The molecule has 10 atom stereocenters. The quantitative estimate of drug-likeness (QED) is 0.331. The number of hydrogen-bond acceptors (Lipinski definition) is 3. The van der Waals surface area contributed by atoms with E-state index < -0.39 is 5.54 Å². The smallest absolute Gasteiger partial charge is 0.227 e. The first-order valence-corrected chi connectivity index (χ1v) is 17.9. The van der Waals surface area contributed by atoms with Gasteiger partial charge in [0.15, 0.2) is 0 Å². The molecule has 1 amide bonds. The highest BCUT2D eigenvalue weighted by Gasteiger charge is 2.66. The van der Waals surface area contributed by atoms with Crippen LogP contribution >= 0.6 is 0 Å². The second-order valence-electron chi connectivity index (χ2n) is 16.8. The third-order valence-corrected chi connectivity index (χ3v) is 15.3. The molecule has 0 saturated heterocycles. The first-order chi connectivity index (χ1) is 21.1. The number of amides is 1. The van der Waals surface area contributed by atoms with E-state index in [2.05, 4.69) is 31.1 Å². The first kappa shape index (κ1) is 29.2. The van der Waals surface area contributed by atoms with Gasteiger partial charge in [0, 0.05) is 0 Å². The van der Waals surface area contributed by atoms with E-state index in [0.29, 0.717) is 40.4 Å². The average Bonchev–Trinajstić information content (AvgIpc) is 3.66. The fourth-order valence-electron chi connectivity index (χ4n) is 12.8. The fraction of sp³-hybridized carbons (Fsp3) is 0.737. The molecule has 238 valence electrons. The predicted molar refractivity (Wildman–Crippen MR) is 170 cm³/mol. The number of imidazole rings is 1. The van der Waals surface area contributed by atoms with Gasteiger partial charge >= 0.3 is 0 Å². The lowest BCUT2D eigenvalue weighted by molar-refractivity contribution is -0.196. The molecule has 0 bridgehead atoms. The molecule has 6 aliphatic rings. The lowest BCUT2D eigenvalue weighted by atomic mass is 9.37. The van der Waals surface area contributed by atoms with Crippen molar-refractivity contribution in [3.63, 3.8) is 0 Å². The molecular formula is C38H52FN3O2. The first-order valence-electron chi connectivity index (χ1n) is 17.9. The summed E-state index contributed by atoms with van der Waals surface area (Å²) in [7, 11) is 0. The number of fused-ring (bicyclic) bond motifs is 7. The number of aromatic amines is 1. The normalized spacial score (nSPS) is 44.0. The van der Waals surface area contributed by atoms with Gasteiger partial charge in [-0.3, -0.25) is 4.79 Å². The predicted octanol–water partition coefficient (Wildman–Crippen LogP) is 8.15. The molecule has 0 aliphatic heterocycles. The molecule has 1 aromatic carbocycles. The Morgan fingerprint density at radius 2 is 1.61 bits per heavy atom. The van der Waals surface area contributed by atoms with Crippen molar-refractivity contribution in [2.75, 3.05) is 0 Å². The number of nitrogens with zero attached hydrogens (tertiary/aromatic N) is 1. The molecule has 2 aromatic rings. The minimum atomic E-state index is -0.424. The van der Waals surface area contributed by atoms with Gasteiger partial charge in [0.25, 0.3) is 0 Å². The van der Waals surface area contributed by atoms with Crippen LogP contribution in [0, 0.1) is 57.6 Å². The minimum Gasteiger partial charge on any atom is -0.393 e. The molecule has 10 unspecified atom stereocenters. The van der Waals surface area contributed by atoms with Crippen molar-refractivity contribution in [3.05, 3.63) is 42.1 Å². The molecule has 44 heavy (non-hydrogen) atoms. The lowest BCUT2D eigenvalue weighted by Gasteiger charge is -2.67. The monoisotopic (exact) mass is 601 g/mol. The van der Waals surface area contributed by atoms with E-state index in [9.17, 15) is 14.3 Å². The number of H-pyrrole nitrogens is 1. The Kier molecular flexibility index (Phi) is 6.73. The van der Waals surface area contributed by atoms with Crippen molar-refractivity contribution in [2.45, 2.75) is 122 Å². The SMILES string of the molecule is CC1C(O)CCC2(C)C1CCC1(C)C3CCC4(C(=O)NC5(c6ncc(-c7ccc(F)cc7)[nH]6)CCC5)CCCC4C3CCC21. The number of carbonyl (C=O) groups is 1. The number of benzene rings is 1. The van der Waals surface area contributed by atoms with Gasteiger partial charge in [-0.25, -0.2) is 9.37 Å². The van der Waals surface area contributed by atoms with Crippen LogP contribution in [-0.2, 0) is 10.3 Å². The van der Waals surface area contributed by atoms with Gasteiger partial charge in [-0.2, -0.15) is 0 Å². The average molecular weight is 602 g/mol. The van der Waals surface area contributed by atoms with Crippen molar-refractivity contribution in [2.24, 2.45) is 51.8 Å². The minimum absolute atomic E-state index is 0.129. The second-order valence-corrected chi connectivity index (χ2v) is 16.8. The van der Waals surface area contributed by atoms with Crippen molar-refractivity contribution in [1.29, 1.82) is 0 Å². The molecule has 6 saturated carbocycles. The Bertz CT molecular complexity index is 1420. The van der Waals surface area contributed by atoms with Crippen LogP contribution in [0.2, 0.25) is 0 Å². The maximum absolute atomic E-state index is 14.6. The summed E-state index contributed by atoms with van der Waals surface area (Å²) in [6, 6.07) is 6.51.